The van der Waals surface area contributed by atoms with Crippen LogP contribution in [0.3, 0.4) is 0 Å². The standard InChI is InChI=1S/C16H34N4O/c1-5-7-16(13-17,8-6-2)15(21)18-11-14-12-19(3)9-10-20(14)4/h14H,5-13,17H2,1-4H3,(H,18,21). The van der Waals surface area contributed by atoms with E-state index in [1.54, 1.807) is 0 Å². The van der Waals surface area contributed by atoms with E-state index in [4.69, 9.17) is 5.73 Å². The van der Waals surface area contributed by atoms with Crippen LogP contribution in [-0.2, 0) is 4.79 Å². The van der Waals surface area contributed by atoms with Gasteiger partial charge in [0.15, 0.2) is 0 Å². The van der Waals surface area contributed by atoms with Gasteiger partial charge in [-0.2, -0.15) is 0 Å². The Morgan fingerprint density at radius 3 is 2.38 bits per heavy atom. The molecule has 1 aliphatic heterocycles. The topological polar surface area (TPSA) is 61.6 Å². The third kappa shape index (κ3) is 4.94. The number of likely N-dealkylation sites (N-methyl/N-ethyl adjacent to an activating group) is 2. The number of nitrogens with one attached hydrogen (secondary N) is 1. The molecular formula is C16H34N4O. The first-order chi connectivity index (χ1) is 9.99. The van der Waals surface area contributed by atoms with Gasteiger partial charge in [-0.05, 0) is 26.9 Å². The van der Waals surface area contributed by atoms with E-state index in [0.29, 0.717) is 12.6 Å². The molecule has 0 aromatic heterocycles. The van der Waals surface area contributed by atoms with Crippen molar-refractivity contribution in [1.29, 1.82) is 0 Å². The van der Waals surface area contributed by atoms with Crippen LogP contribution in [0.1, 0.15) is 39.5 Å². The highest BCUT2D eigenvalue weighted by Crippen LogP contribution is 2.29. The van der Waals surface area contributed by atoms with Gasteiger partial charge in [-0.15, -0.1) is 0 Å². The highest BCUT2D eigenvalue weighted by molar-refractivity contribution is 5.82. The molecule has 1 atom stereocenters. The molecule has 0 radical (unpaired) electrons. The van der Waals surface area contributed by atoms with Gasteiger partial charge < -0.3 is 16.0 Å². The third-order valence-corrected chi connectivity index (χ3v) is 4.81. The first-order valence-electron chi connectivity index (χ1n) is 8.36. The number of nitrogens with two attached hydrogens (primary N) is 1. The van der Waals surface area contributed by atoms with Gasteiger partial charge >= 0.3 is 0 Å². The van der Waals surface area contributed by atoms with Crippen LogP contribution in [0.25, 0.3) is 0 Å². The molecule has 1 aliphatic rings. The number of carbonyl (C=O) groups excluding carboxylic acids is 1. The van der Waals surface area contributed by atoms with Crippen molar-refractivity contribution in [1.82, 2.24) is 15.1 Å². The van der Waals surface area contributed by atoms with E-state index < -0.39 is 0 Å². The fraction of sp³-hybridized carbons (Fsp3) is 0.938. The van der Waals surface area contributed by atoms with Crippen molar-refractivity contribution in [2.75, 3.05) is 46.8 Å². The van der Waals surface area contributed by atoms with Gasteiger partial charge in [0.1, 0.15) is 0 Å². The van der Waals surface area contributed by atoms with E-state index in [9.17, 15) is 4.79 Å². The number of hydrogen-bond donors (Lipinski definition) is 2. The van der Waals surface area contributed by atoms with Crippen molar-refractivity contribution in [2.24, 2.45) is 11.1 Å². The number of rotatable bonds is 8. The van der Waals surface area contributed by atoms with Gasteiger partial charge in [0.05, 0.1) is 5.41 Å². The van der Waals surface area contributed by atoms with Crippen LogP contribution in [0.15, 0.2) is 0 Å². The zero-order chi connectivity index (χ0) is 15.9. The normalized spacial score (nSPS) is 21.5. The lowest BCUT2D eigenvalue weighted by Gasteiger charge is -2.38. The maximum atomic E-state index is 12.7. The fourth-order valence-corrected chi connectivity index (χ4v) is 3.33. The van der Waals surface area contributed by atoms with E-state index in [1.807, 2.05) is 0 Å². The summed E-state index contributed by atoms with van der Waals surface area (Å²) in [5.41, 5.74) is 5.59. The average Bonchev–Trinajstić information content (AvgIpc) is 2.47. The van der Waals surface area contributed by atoms with Gasteiger partial charge in [0.25, 0.3) is 0 Å². The monoisotopic (exact) mass is 298 g/mol. The molecule has 1 amide bonds. The van der Waals surface area contributed by atoms with Crippen molar-refractivity contribution >= 4 is 5.91 Å². The molecule has 0 aromatic carbocycles. The Labute approximate surface area is 130 Å². The average molecular weight is 298 g/mol. The van der Waals surface area contributed by atoms with Crippen molar-refractivity contribution in [3.8, 4) is 0 Å². The second-order valence-electron chi connectivity index (χ2n) is 6.59. The van der Waals surface area contributed by atoms with Crippen LogP contribution < -0.4 is 11.1 Å². The van der Waals surface area contributed by atoms with Gasteiger partial charge in [-0.25, -0.2) is 0 Å². The molecule has 21 heavy (non-hydrogen) atoms. The van der Waals surface area contributed by atoms with Gasteiger partial charge in [0.2, 0.25) is 5.91 Å². The van der Waals surface area contributed by atoms with Crippen molar-refractivity contribution in [3.05, 3.63) is 0 Å². The molecule has 0 aromatic rings. The number of hydrogen-bond acceptors (Lipinski definition) is 4. The largest absolute Gasteiger partial charge is 0.354 e. The Balaban J connectivity index is 2.60. The Kier molecular flexibility index (Phi) is 7.63. The first-order valence-corrected chi connectivity index (χ1v) is 8.36. The number of nitrogens with zero attached hydrogens (tertiary/aromatic N) is 2. The molecule has 1 unspecified atom stereocenters. The van der Waals surface area contributed by atoms with Crippen molar-refractivity contribution < 1.29 is 4.79 Å². The summed E-state index contributed by atoms with van der Waals surface area (Å²) in [6.07, 6.45) is 3.75. The summed E-state index contributed by atoms with van der Waals surface area (Å²) in [5, 5.41) is 3.18. The van der Waals surface area contributed by atoms with Crippen LogP contribution in [0, 0.1) is 5.41 Å². The zero-order valence-corrected chi connectivity index (χ0v) is 14.3. The molecule has 1 fully saturated rings. The molecule has 124 valence electrons. The molecule has 0 bridgehead atoms. The molecule has 0 spiro atoms. The lowest BCUT2D eigenvalue weighted by molar-refractivity contribution is -0.131. The molecule has 3 N–H and O–H groups in total. The molecule has 5 nitrogen and oxygen atoms in total. The number of amides is 1. The molecule has 1 rings (SSSR count). The van der Waals surface area contributed by atoms with E-state index in [-0.39, 0.29) is 11.3 Å². The lowest BCUT2D eigenvalue weighted by atomic mass is 9.78. The molecule has 5 heteroatoms. The minimum atomic E-state index is -0.372. The van der Waals surface area contributed by atoms with E-state index in [1.165, 1.54) is 0 Å². The fourth-order valence-electron chi connectivity index (χ4n) is 3.33. The summed E-state index contributed by atoms with van der Waals surface area (Å²) in [4.78, 5) is 17.3. The Morgan fingerprint density at radius 1 is 1.24 bits per heavy atom. The quantitative estimate of drug-likeness (QED) is 0.699. The Bertz CT molecular complexity index is 315. The highest BCUT2D eigenvalue weighted by atomic mass is 16.2. The smallest absolute Gasteiger partial charge is 0.227 e. The minimum Gasteiger partial charge on any atom is -0.354 e. The zero-order valence-electron chi connectivity index (χ0n) is 14.3. The number of carbonyl (C=O) groups is 1. The molecule has 0 saturated carbocycles. The third-order valence-electron chi connectivity index (χ3n) is 4.81. The second kappa shape index (κ2) is 8.71. The summed E-state index contributed by atoms with van der Waals surface area (Å²) in [7, 11) is 4.28. The van der Waals surface area contributed by atoms with E-state index >= 15 is 0 Å². The van der Waals surface area contributed by atoms with Crippen LogP contribution in [-0.4, -0.2) is 68.6 Å². The predicted molar refractivity (Wildman–Crippen MR) is 88.2 cm³/mol. The minimum absolute atomic E-state index is 0.148. The maximum Gasteiger partial charge on any atom is 0.227 e. The molecule has 1 heterocycles. The molecule has 1 saturated heterocycles. The number of piperazine rings is 1. The van der Waals surface area contributed by atoms with Crippen molar-refractivity contribution in [3.63, 3.8) is 0 Å². The van der Waals surface area contributed by atoms with E-state index in [0.717, 1.165) is 51.9 Å². The van der Waals surface area contributed by atoms with Gasteiger partial charge in [-0.3, -0.25) is 9.69 Å². The maximum absolute atomic E-state index is 12.7. The summed E-state index contributed by atoms with van der Waals surface area (Å²) >= 11 is 0. The summed E-state index contributed by atoms with van der Waals surface area (Å²) in [6, 6.07) is 0.395. The van der Waals surface area contributed by atoms with E-state index in [2.05, 4.69) is 43.1 Å². The van der Waals surface area contributed by atoms with Crippen LogP contribution in [0.4, 0.5) is 0 Å². The van der Waals surface area contributed by atoms with Crippen LogP contribution in [0.5, 0.6) is 0 Å². The first kappa shape index (κ1) is 18.4. The highest BCUT2D eigenvalue weighted by Gasteiger charge is 2.35. The molecular weight excluding hydrogens is 264 g/mol. The van der Waals surface area contributed by atoms with Gasteiger partial charge in [-0.1, -0.05) is 26.7 Å². The lowest BCUT2D eigenvalue weighted by Crippen LogP contribution is -2.56. The second-order valence-corrected chi connectivity index (χ2v) is 6.59. The Morgan fingerprint density at radius 2 is 1.86 bits per heavy atom. The SMILES string of the molecule is CCCC(CN)(CCC)C(=O)NCC1CN(C)CCN1C. The summed E-state index contributed by atoms with van der Waals surface area (Å²) < 4.78 is 0. The summed E-state index contributed by atoms with van der Waals surface area (Å²) in [5.74, 6) is 0.148. The van der Waals surface area contributed by atoms with Crippen molar-refractivity contribution in [2.45, 2.75) is 45.6 Å². The van der Waals surface area contributed by atoms with Crippen LogP contribution >= 0.6 is 0 Å². The predicted octanol–water partition coefficient (Wildman–Crippen LogP) is 0.894. The van der Waals surface area contributed by atoms with Crippen LogP contribution in [0.2, 0.25) is 0 Å². The Hall–Kier alpha value is -0.650. The summed E-state index contributed by atoms with van der Waals surface area (Å²) in [6.45, 7) is 8.57. The van der Waals surface area contributed by atoms with Gasteiger partial charge in [0, 0.05) is 38.8 Å². The molecule has 0 aliphatic carbocycles.